The van der Waals surface area contributed by atoms with Gasteiger partial charge in [0.1, 0.15) is 18.9 Å². The van der Waals surface area contributed by atoms with E-state index in [1.165, 1.54) is 4.57 Å². The van der Waals surface area contributed by atoms with Gasteiger partial charge >= 0.3 is 5.69 Å². The van der Waals surface area contributed by atoms with Crippen LogP contribution >= 0.6 is 0 Å². The summed E-state index contributed by atoms with van der Waals surface area (Å²) in [6.45, 7) is 2.85. The molecule has 0 saturated heterocycles. The minimum absolute atomic E-state index is 0.0149. The molecule has 136 valence electrons. The van der Waals surface area contributed by atoms with Crippen LogP contribution in [0.2, 0.25) is 0 Å². The molecule has 1 amide bonds. The molecule has 0 N–H and O–H groups in total. The highest BCUT2D eigenvalue weighted by Gasteiger charge is 2.15. The number of nitrogens with zero attached hydrogens (tertiary/aromatic N) is 3. The molecule has 3 rings (SSSR count). The highest BCUT2D eigenvalue weighted by molar-refractivity contribution is 5.80. The van der Waals surface area contributed by atoms with Crippen LogP contribution in [0.25, 0.3) is 11.0 Å². The molecule has 0 fully saturated rings. The molecular formula is C20H23N3O3. The molecule has 6 nitrogen and oxygen atoms in total. The second kappa shape index (κ2) is 7.47. The minimum atomic E-state index is -0.191. The number of likely N-dealkylation sites (N-methyl/N-ethyl adjacent to an activating group) is 1. The topological polar surface area (TPSA) is 56.5 Å². The Kier molecular flexibility index (Phi) is 5.11. The van der Waals surface area contributed by atoms with Crippen molar-refractivity contribution in [3.8, 4) is 5.75 Å². The first-order chi connectivity index (χ1) is 12.5. The summed E-state index contributed by atoms with van der Waals surface area (Å²) in [5.74, 6) is 0.690. The molecule has 0 saturated carbocycles. The van der Waals surface area contributed by atoms with Gasteiger partial charge in [0.2, 0.25) is 5.91 Å². The summed E-state index contributed by atoms with van der Waals surface area (Å²) in [5.41, 5.74) is 2.45. The number of para-hydroxylation sites is 3. The Bertz CT molecular complexity index is 987. The molecule has 6 heteroatoms. The van der Waals surface area contributed by atoms with Crippen LogP contribution in [0.4, 0.5) is 0 Å². The van der Waals surface area contributed by atoms with Crippen LogP contribution in [-0.2, 0) is 18.4 Å². The van der Waals surface area contributed by atoms with Crippen molar-refractivity contribution in [3.05, 3.63) is 64.6 Å². The molecule has 3 aromatic rings. The number of hydrogen-bond acceptors (Lipinski definition) is 3. The van der Waals surface area contributed by atoms with Gasteiger partial charge in [-0.05, 0) is 30.7 Å². The number of imidazole rings is 1. The van der Waals surface area contributed by atoms with Crippen molar-refractivity contribution in [2.45, 2.75) is 13.5 Å². The van der Waals surface area contributed by atoms with Crippen molar-refractivity contribution in [3.63, 3.8) is 0 Å². The van der Waals surface area contributed by atoms with E-state index in [9.17, 15) is 9.59 Å². The summed E-state index contributed by atoms with van der Waals surface area (Å²) < 4.78 is 8.81. The van der Waals surface area contributed by atoms with E-state index in [2.05, 4.69) is 0 Å². The van der Waals surface area contributed by atoms with Crippen LogP contribution in [0.3, 0.4) is 0 Å². The summed E-state index contributed by atoms with van der Waals surface area (Å²) in [7, 11) is 3.44. The zero-order valence-electron chi connectivity index (χ0n) is 15.3. The molecular weight excluding hydrogens is 330 g/mol. The van der Waals surface area contributed by atoms with Gasteiger partial charge < -0.3 is 9.64 Å². The van der Waals surface area contributed by atoms with Gasteiger partial charge in [0.05, 0.1) is 17.6 Å². The van der Waals surface area contributed by atoms with E-state index in [0.717, 1.165) is 22.3 Å². The molecule has 2 aromatic carbocycles. The van der Waals surface area contributed by atoms with Gasteiger partial charge in [0, 0.05) is 14.1 Å². The molecule has 0 radical (unpaired) electrons. The van der Waals surface area contributed by atoms with Gasteiger partial charge in [-0.15, -0.1) is 0 Å². The zero-order chi connectivity index (χ0) is 18.7. The van der Waals surface area contributed by atoms with Crippen molar-refractivity contribution < 1.29 is 9.53 Å². The van der Waals surface area contributed by atoms with Gasteiger partial charge in [-0.3, -0.25) is 13.9 Å². The van der Waals surface area contributed by atoms with Crippen LogP contribution in [0.15, 0.2) is 53.3 Å². The molecule has 0 unspecified atom stereocenters. The fourth-order valence-electron chi connectivity index (χ4n) is 2.91. The molecule has 0 aliphatic rings. The largest absolute Gasteiger partial charge is 0.491 e. The lowest BCUT2D eigenvalue weighted by atomic mass is 10.2. The van der Waals surface area contributed by atoms with E-state index < -0.39 is 0 Å². The first-order valence-corrected chi connectivity index (χ1v) is 8.55. The molecule has 0 aliphatic carbocycles. The minimum Gasteiger partial charge on any atom is -0.491 e. The van der Waals surface area contributed by atoms with E-state index >= 15 is 0 Å². The Morgan fingerprint density at radius 2 is 1.73 bits per heavy atom. The summed E-state index contributed by atoms with van der Waals surface area (Å²) in [5, 5.41) is 0. The van der Waals surface area contributed by atoms with Crippen molar-refractivity contribution in [1.82, 2.24) is 14.0 Å². The highest BCUT2D eigenvalue weighted by atomic mass is 16.5. The predicted molar refractivity (Wildman–Crippen MR) is 101 cm³/mol. The van der Waals surface area contributed by atoms with Gasteiger partial charge in [-0.1, -0.05) is 30.3 Å². The van der Waals surface area contributed by atoms with Gasteiger partial charge in [-0.2, -0.15) is 0 Å². The van der Waals surface area contributed by atoms with Crippen molar-refractivity contribution in [2.75, 3.05) is 20.2 Å². The average molecular weight is 353 g/mol. The van der Waals surface area contributed by atoms with Gasteiger partial charge in [-0.25, -0.2) is 4.79 Å². The van der Waals surface area contributed by atoms with Gasteiger partial charge in [0.15, 0.2) is 0 Å². The van der Waals surface area contributed by atoms with Crippen LogP contribution < -0.4 is 10.4 Å². The number of aromatic nitrogens is 2. The van der Waals surface area contributed by atoms with Crippen molar-refractivity contribution in [2.24, 2.45) is 7.05 Å². The monoisotopic (exact) mass is 353 g/mol. The predicted octanol–water partition coefficient (Wildman–Crippen LogP) is 2.19. The number of aryl methyl sites for hydroxylation is 2. The maximum absolute atomic E-state index is 12.5. The summed E-state index contributed by atoms with van der Waals surface area (Å²) in [4.78, 5) is 26.5. The second-order valence-electron chi connectivity index (χ2n) is 6.35. The number of ether oxygens (including phenoxy) is 1. The van der Waals surface area contributed by atoms with Crippen molar-refractivity contribution >= 4 is 16.9 Å². The maximum atomic E-state index is 12.5. The molecule has 0 atom stereocenters. The van der Waals surface area contributed by atoms with E-state index in [4.69, 9.17) is 4.74 Å². The number of fused-ring (bicyclic) bond motifs is 1. The maximum Gasteiger partial charge on any atom is 0.329 e. The second-order valence-corrected chi connectivity index (χ2v) is 6.35. The third-order valence-corrected chi connectivity index (χ3v) is 4.55. The molecule has 0 aliphatic heterocycles. The summed E-state index contributed by atoms with van der Waals surface area (Å²) in [6, 6.07) is 15.2. The number of amides is 1. The smallest absolute Gasteiger partial charge is 0.329 e. The third kappa shape index (κ3) is 3.49. The van der Waals surface area contributed by atoms with Gasteiger partial charge in [0.25, 0.3) is 0 Å². The standard InChI is InChI=1S/C20H23N3O3/c1-15-8-4-7-11-18(15)26-13-12-21(2)19(24)14-23-17-10-6-5-9-16(17)22(3)20(23)25/h4-11H,12-14H2,1-3H3. The Morgan fingerprint density at radius 1 is 1.08 bits per heavy atom. The Labute approximate surface area is 152 Å². The third-order valence-electron chi connectivity index (χ3n) is 4.55. The molecule has 0 bridgehead atoms. The van der Waals surface area contributed by atoms with Crippen LogP contribution in [0.1, 0.15) is 5.56 Å². The molecule has 1 heterocycles. The SMILES string of the molecule is Cc1ccccc1OCCN(C)C(=O)Cn1c(=O)n(C)c2ccccc21. The Balaban J connectivity index is 1.64. The first kappa shape index (κ1) is 17.8. The summed E-state index contributed by atoms with van der Waals surface area (Å²) in [6.07, 6.45) is 0. The molecule has 0 spiro atoms. The fraction of sp³-hybridized carbons (Fsp3) is 0.300. The number of hydrogen-bond donors (Lipinski definition) is 0. The zero-order valence-corrected chi connectivity index (χ0v) is 15.3. The van der Waals surface area contributed by atoms with Crippen LogP contribution in [-0.4, -0.2) is 40.1 Å². The highest BCUT2D eigenvalue weighted by Crippen LogP contribution is 2.16. The van der Waals surface area contributed by atoms with E-state index in [1.807, 2.05) is 55.5 Å². The fourth-order valence-corrected chi connectivity index (χ4v) is 2.91. The van der Waals surface area contributed by atoms with Crippen LogP contribution in [0.5, 0.6) is 5.75 Å². The average Bonchev–Trinajstić information content (AvgIpc) is 2.88. The Morgan fingerprint density at radius 3 is 2.46 bits per heavy atom. The van der Waals surface area contributed by atoms with Crippen molar-refractivity contribution in [1.29, 1.82) is 0 Å². The molecule has 26 heavy (non-hydrogen) atoms. The lowest BCUT2D eigenvalue weighted by molar-refractivity contribution is -0.130. The normalized spacial score (nSPS) is 10.9. The Hall–Kier alpha value is -3.02. The quantitative estimate of drug-likeness (QED) is 0.683. The summed E-state index contributed by atoms with van der Waals surface area (Å²) >= 11 is 0. The van der Waals surface area contributed by atoms with E-state index in [-0.39, 0.29) is 18.1 Å². The lowest BCUT2D eigenvalue weighted by Gasteiger charge is -2.18. The first-order valence-electron chi connectivity index (χ1n) is 8.55. The number of carbonyl (C=O) groups is 1. The molecule has 1 aromatic heterocycles. The van der Waals surface area contributed by atoms with Crippen LogP contribution in [0, 0.1) is 6.92 Å². The lowest BCUT2D eigenvalue weighted by Crippen LogP contribution is -2.36. The number of carbonyl (C=O) groups excluding carboxylic acids is 1. The van der Waals surface area contributed by atoms with E-state index in [1.54, 1.807) is 23.6 Å². The van der Waals surface area contributed by atoms with E-state index in [0.29, 0.717) is 13.2 Å². The number of rotatable bonds is 6. The number of benzene rings is 2.